The fourth-order valence-electron chi connectivity index (χ4n) is 1.05. The Balaban J connectivity index is 2.73. The summed E-state index contributed by atoms with van der Waals surface area (Å²) < 4.78 is 5.02. The zero-order valence-corrected chi connectivity index (χ0v) is 9.68. The molecule has 6 nitrogen and oxygen atoms in total. The minimum absolute atomic E-state index is 0.00963. The summed E-state index contributed by atoms with van der Waals surface area (Å²) in [6.07, 6.45) is -0.957. The Morgan fingerprint density at radius 2 is 2.29 bits per heavy atom. The van der Waals surface area contributed by atoms with Crippen molar-refractivity contribution >= 4 is 23.3 Å². The van der Waals surface area contributed by atoms with Crippen LogP contribution in [0.5, 0.6) is 0 Å². The van der Waals surface area contributed by atoms with Crippen LogP contribution in [0.2, 0.25) is 5.02 Å². The Kier molecular flexibility index (Phi) is 4.42. The van der Waals surface area contributed by atoms with Crippen LogP contribution in [0.3, 0.4) is 0 Å². The molecule has 1 aromatic rings. The van der Waals surface area contributed by atoms with Gasteiger partial charge < -0.3 is 9.84 Å². The smallest absolute Gasteiger partial charge is 0.332 e. The van der Waals surface area contributed by atoms with E-state index in [0.717, 1.165) is 0 Å². The van der Waals surface area contributed by atoms with Crippen LogP contribution in [0.25, 0.3) is 0 Å². The van der Waals surface area contributed by atoms with Crippen molar-refractivity contribution in [1.82, 2.24) is 0 Å². The molecule has 1 aromatic carbocycles. The van der Waals surface area contributed by atoms with Crippen LogP contribution in [-0.2, 0) is 16.1 Å². The van der Waals surface area contributed by atoms with Gasteiger partial charge in [0.1, 0.15) is 0 Å². The van der Waals surface area contributed by atoms with Crippen molar-refractivity contribution in [3.05, 3.63) is 38.9 Å². The zero-order chi connectivity index (χ0) is 13.0. The molecule has 0 radical (unpaired) electrons. The lowest BCUT2D eigenvalue weighted by molar-refractivity contribution is -0.384. The van der Waals surface area contributed by atoms with Crippen LogP contribution in [0.1, 0.15) is 12.5 Å². The summed E-state index contributed by atoms with van der Waals surface area (Å²) in [5.74, 6) is -1.08. The van der Waals surface area contributed by atoms with E-state index in [1.54, 1.807) is 0 Å². The fourth-order valence-corrected chi connectivity index (χ4v) is 1.28. The number of rotatable bonds is 5. The molecule has 17 heavy (non-hydrogen) atoms. The first-order valence-electron chi connectivity index (χ1n) is 4.69. The largest absolute Gasteiger partial charge is 0.479 e. The van der Waals surface area contributed by atoms with Crippen molar-refractivity contribution in [3.63, 3.8) is 0 Å². The molecule has 0 aliphatic heterocycles. The van der Waals surface area contributed by atoms with Crippen molar-refractivity contribution in [1.29, 1.82) is 0 Å². The van der Waals surface area contributed by atoms with Gasteiger partial charge in [-0.3, -0.25) is 10.1 Å². The molecule has 0 amide bonds. The average molecular weight is 260 g/mol. The predicted molar refractivity (Wildman–Crippen MR) is 60.0 cm³/mol. The maximum Gasteiger partial charge on any atom is 0.332 e. The summed E-state index contributed by atoms with van der Waals surface area (Å²) in [4.78, 5) is 20.4. The van der Waals surface area contributed by atoms with Gasteiger partial charge in [-0.25, -0.2) is 4.79 Å². The summed E-state index contributed by atoms with van der Waals surface area (Å²) in [6.45, 7) is 1.38. The van der Waals surface area contributed by atoms with Gasteiger partial charge >= 0.3 is 5.97 Å². The zero-order valence-electron chi connectivity index (χ0n) is 8.92. The molecule has 0 bridgehead atoms. The SMILES string of the molecule is C[C@H](OCc1ccc([N+](=O)[O-])cc1Cl)C(=O)O. The average Bonchev–Trinajstić information content (AvgIpc) is 2.26. The number of aliphatic carboxylic acids is 1. The lowest BCUT2D eigenvalue weighted by atomic mass is 10.2. The molecule has 0 aliphatic carbocycles. The number of nitro groups is 1. The number of carboxylic acids is 1. The van der Waals surface area contributed by atoms with Crippen molar-refractivity contribution < 1.29 is 19.6 Å². The number of ether oxygens (including phenoxy) is 1. The topological polar surface area (TPSA) is 89.7 Å². The van der Waals surface area contributed by atoms with Crippen molar-refractivity contribution in [3.8, 4) is 0 Å². The number of nitro benzene ring substituents is 1. The van der Waals surface area contributed by atoms with E-state index in [9.17, 15) is 14.9 Å². The van der Waals surface area contributed by atoms with Gasteiger partial charge in [0, 0.05) is 12.1 Å². The van der Waals surface area contributed by atoms with Gasteiger partial charge in [-0.05, 0) is 18.6 Å². The van der Waals surface area contributed by atoms with E-state index in [2.05, 4.69) is 0 Å². The van der Waals surface area contributed by atoms with Gasteiger partial charge in [-0.1, -0.05) is 11.6 Å². The van der Waals surface area contributed by atoms with Crippen molar-refractivity contribution in [2.75, 3.05) is 0 Å². The number of nitrogens with zero attached hydrogens (tertiary/aromatic N) is 1. The van der Waals surface area contributed by atoms with Gasteiger partial charge in [0.15, 0.2) is 6.10 Å². The summed E-state index contributed by atoms with van der Waals surface area (Å²) in [5, 5.41) is 19.2. The minimum Gasteiger partial charge on any atom is -0.479 e. The summed E-state index contributed by atoms with van der Waals surface area (Å²) >= 11 is 5.80. The van der Waals surface area contributed by atoms with Crippen LogP contribution in [0.4, 0.5) is 5.69 Å². The molecule has 92 valence electrons. The van der Waals surface area contributed by atoms with E-state index in [4.69, 9.17) is 21.4 Å². The molecular weight excluding hydrogens is 250 g/mol. The maximum absolute atomic E-state index is 10.5. The molecule has 1 atom stereocenters. The molecule has 1 N–H and O–H groups in total. The normalized spacial score (nSPS) is 12.1. The predicted octanol–water partition coefficient (Wildman–Crippen LogP) is 2.24. The number of carboxylic acid groups (broad SMARTS) is 1. The second-order valence-electron chi connectivity index (χ2n) is 3.32. The quantitative estimate of drug-likeness (QED) is 0.647. The number of halogens is 1. The van der Waals surface area contributed by atoms with E-state index in [-0.39, 0.29) is 17.3 Å². The van der Waals surface area contributed by atoms with E-state index < -0.39 is 17.0 Å². The lowest BCUT2D eigenvalue weighted by Crippen LogP contribution is -2.19. The Hall–Kier alpha value is -1.66. The lowest BCUT2D eigenvalue weighted by Gasteiger charge is -2.09. The molecule has 0 aromatic heterocycles. The third kappa shape index (κ3) is 3.69. The number of hydrogen-bond acceptors (Lipinski definition) is 4. The molecule has 0 heterocycles. The van der Waals surface area contributed by atoms with E-state index in [1.807, 2.05) is 0 Å². The Morgan fingerprint density at radius 3 is 2.76 bits per heavy atom. The minimum atomic E-state index is -1.08. The second kappa shape index (κ2) is 5.60. The monoisotopic (exact) mass is 259 g/mol. The van der Waals surface area contributed by atoms with Crippen molar-refractivity contribution in [2.45, 2.75) is 19.6 Å². The highest BCUT2D eigenvalue weighted by molar-refractivity contribution is 6.31. The Morgan fingerprint density at radius 1 is 1.65 bits per heavy atom. The van der Waals surface area contributed by atoms with Crippen LogP contribution in [0.15, 0.2) is 18.2 Å². The van der Waals surface area contributed by atoms with Gasteiger partial charge in [0.05, 0.1) is 16.6 Å². The Labute approximate surface area is 102 Å². The number of benzene rings is 1. The summed E-state index contributed by atoms with van der Waals surface area (Å²) in [7, 11) is 0. The standard InChI is InChI=1S/C10H10ClNO5/c1-6(10(13)14)17-5-7-2-3-8(12(15)16)4-9(7)11/h2-4,6H,5H2,1H3,(H,13,14)/t6-/m0/s1. The van der Waals surface area contributed by atoms with Crippen LogP contribution in [0, 0.1) is 10.1 Å². The third-order valence-electron chi connectivity index (χ3n) is 2.08. The van der Waals surface area contributed by atoms with E-state index in [0.29, 0.717) is 5.56 Å². The highest BCUT2D eigenvalue weighted by Crippen LogP contribution is 2.23. The first-order valence-corrected chi connectivity index (χ1v) is 5.07. The fraction of sp³-hybridized carbons (Fsp3) is 0.300. The van der Waals surface area contributed by atoms with E-state index in [1.165, 1.54) is 25.1 Å². The van der Waals surface area contributed by atoms with Gasteiger partial charge in [-0.15, -0.1) is 0 Å². The number of non-ortho nitro benzene ring substituents is 1. The highest BCUT2D eigenvalue weighted by atomic mass is 35.5. The van der Waals surface area contributed by atoms with Crippen LogP contribution < -0.4 is 0 Å². The third-order valence-corrected chi connectivity index (χ3v) is 2.44. The number of carbonyl (C=O) groups is 1. The van der Waals surface area contributed by atoms with Gasteiger partial charge in [-0.2, -0.15) is 0 Å². The van der Waals surface area contributed by atoms with Crippen LogP contribution >= 0.6 is 11.6 Å². The molecule has 7 heteroatoms. The van der Waals surface area contributed by atoms with Gasteiger partial charge in [0.25, 0.3) is 5.69 Å². The summed E-state index contributed by atoms with van der Waals surface area (Å²) in [6, 6.07) is 3.93. The van der Waals surface area contributed by atoms with Gasteiger partial charge in [0.2, 0.25) is 0 Å². The molecule has 0 spiro atoms. The molecule has 1 rings (SSSR count). The molecule has 0 saturated carbocycles. The highest BCUT2D eigenvalue weighted by Gasteiger charge is 2.13. The molecular formula is C10H10ClNO5. The first kappa shape index (κ1) is 13.4. The second-order valence-corrected chi connectivity index (χ2v) is 3.73. The van der Waals surface area contributed by atoms with Crippen molar-refractivity contribution in [2.24, 2.45) is 0 Å². The molecule has 0 aliphatic rings. The molecule has 0 fully saturated rings. The van der Waals surface area contributed by atoms with E-state index >= 15 is 0 Å². The molecule has 0 unspecified atom stereocenters. The number of hydrogen-bond donors (Lipinski definition) is 1. The Bertz CT molecular complexity index is 448. The van der Waals surface area contributed by atoms with Crippen LogP contribution in [-0.4, -0.2) is 22.1 Å². The maximum atomic E-state index is 10.5. The molecule has 0 saturated heterocycles. The summed E-state index contributed by atoms with van der Waals surface area (Å²) in [5.41, 5.74) is 0.385. The first-order chi connectivity index (χ1) is 7.91.